The van der Waals surface area contributed by atoms with E-state index in [1.54, 1.807) is 0 Å². The van der Waals surface area contributed by atoms with Crippen molar-refractivity contribution in [3.63, 3.8) is 0 Å². The summed E-state index contributed by atoms with van der Waals surface area (Å²) in [5.74, 6) is 6.05. The van der Waals surface area contributed by atoms with Gasteiger partial charge in [0.1, 0.15) is 23.8 Å². The SMILES string of the molecule is CC(C)c1c(NN)ncnc1Nc1c(Cl)cc(F)cc1Cl. The average molecular weight is 330 g/mol. The second-order valence-corrected chi connectivity index (χ2v) is 5.47. The number of aromatic nitrogens is 2. The van der Waals surface area contributed by atoms with Gasteiger partial charge in [-0.05, 0) is 18.1 Å². The Morgan fingerprint density at radius 1 is 1.14 bits per heavy atom. The summed E-state index contributed by atoms with van der Waals surface area (Å²) in [5.41, 5.74) is 3.68. The van der Waals surface area contributed by atoms with Crippen LogP contribution in [0.2, 0.25) is 10.0 Å². The van der Waals surface area contributed by atoms with Gasteiger partial charge in [0.05, 0.1) is 15.7 Å². The van der Waals surface area contributed by atoms with Gasteiger partial charge in [-0.2, -0.15) is 0 Å². The van der Waals surface area contributed by atoms with Gasteiger partial charge in [0.15, 0.2) is 0 Å². The molecule has 5 nitrogen and oxygen atoms in total. The summed E-state index contributed by atoms with van der Waals surface area (Å²) in [6.45, 7) is 3.94. The van der Waals surface area contributed by atoms with E-state index in [4.69, 9.17) is 29.0 Å². The van der Waals surface area contributed by atoms with Crippen LogP contribution >= 0.6 is 23.2 Å². The number of hydrogen-bond donors (Lipinski definition) is 3. The topological polar surface area (TPSA) is 75.9 Å². The lowest BCUT2D eigenvalue weighted by Crippen LogP contribution is -2.14. The second kappa shape index (κ2) is 6.43. The largest absolute Gasteiger partial charge is 0.337 e. The third-order valence-electron chi connectivity index (χ3n) is 2.85. The van der Waals surface area contributed by atoms with Crippen LogP contribution in [0.1, 0.15) is 25.3 Å². The molecule has 4 N–H and O–H groups in total. The standard InChI is InChI=1S/C13H14Cl2FN5/c1-6(2)10-12(18-5-19-13(10)21-17)20-11-8(14)3-7(16)4-9(11)15/h3-6H,17H2,1-2H3,(H2,18,19,20,21). The van der Waals surface area contributed by atoms with Crippen LogP contribution in [0.15, 0.2) is 18.5 Å². The minimum atomic E-state index is -0.508. The molecule has 0 radical (unpaired) electrons. The molecule has 0 aliphatic rings. The maximum atomic E-state index is 13.2. The summed E-state index contributed by atoms with van der Waals surface area (Å²) < 4.78 is 13.2. The zero-order chi connectivity index (χ0) is 15.6. The lowest BCUT2D eigenvalue weighted by molar-refractivity contribution is 0.628. The Hall–Kier alpha value is -1.63. The molecule has 0 unspecified atom stereocenters. The molecule has 0 saturated carbocycles. The molecule has 0 aliphatic carbocycles. The molecule has 1 aromatic carbocycles. The summed E-state index contributed by atoms with van der Waals surface area (Å²) in [6.07, 6.45) is 1.36. The van der Waals surface area contributed by atoms with Crippen molar-refractivity contribution in [2.45, 2.75) is 19.8 Å². The molecule has 0 saturated heterocycles. The number of nitrogen functional groups attached to an aromatic ring is 1. The maximum Gasteiger partial charge on any atom is 0.148 e. The van der Waals surface area contributed by atoms with Crippen molar-refractivity contribution in [3.05, 3.63) is 39.9 Å². The van der Waals surface area contributed by atoms with Crippen molar-refractivity contribution in [1.82, 2.24) is 9.97 Å². The number of hydrazine groups is 1. The Labute approximate surface area is 131 Å². The first-order valence-electron chi connectivity index (χ1n) is 6.17. The molecule has 0 spiro atoms. The van der Waals surface area contributed by atoms with Crippen LogP contribution in [0.25, 0.3) is 0 Å². The number of nitrogens with zero attached hydrogens (tertiary/aromatic N) is 2. The molecule has 0 fully saturated rings. The highest BCUT2D eigenvalue weighted by Crippen LogP contribution is 2.36. The zero-order valence-corrected chi connectivity index (χ0v) is 12.9. The van der Waals surface area contributed by atoms with Gasteiger partial charge in [-0.15, -0.1) is 0 Å². The molecule has 0 atom stereocenters. The summed E-state index contributed by atoms with van der Waals surface area (Å²) in [6, 6.07) is 2.35. The molecule has 0 bridgehead atoms. The molecule has 21 heavy (non-hydrogen) atoms. The lowest BCUT2D eigenvalue weighted by Gasteiger charge is -2.17. The first-order valence-corrected chi connectivity index (χ1v) is 6.92. The Bertz CT molecular complexity index is 640. The van der Waals surface area contributed by atoms with Crippen LogP contribution in [-0.4, -0.2) is 9.97 Å². The van der Waals surface area contributed by atoms with Gasteiger partial charge in [-0.3, -0.25) is 0 Å². The first kappa shape index (κ1) is 15.8. The maximum absolute atomic E-state index is 13.2. The second-order valence-electron chi connectivity index (χ2n) is 4.65. The number of benzene rings is 1. The predicted octanol–water partition coefficient (Wildman–Crippen LogP) is 4.08. The van der Waals surface area contributed by atoms with Gasteiger partial charge in [0, 0.05) is 5.56 Å². The average Bonchev–Trinajstić information content (AvgIpc) is 2.42. The highest BCUT2D eigenvalue weighted by atomic mass is 35.5. The molecular formula is C13H14Cl2FN5. The van der Waals surface area contributed by atoms with Crippen molar-refractivity contribution in [2.75, 3.05) is 10.7 Å². The van der Waals surface area contributed by atoms with E-state index in [1.165, 1.54) is 18.5 Å². The summed E-state index contributed by atoms with van der Waals surface area (Å²) in [5, 5.41) is 3.34. The predicted molar refractivity (Wildman–Crippen MR) is 83.6 cm³/mol. The van der Waals surface area contributed by atoms with Gasteiger partial charge >= 0.3 is 0 Å². The Morgan fingerprint density at radius 3 is 2.24 bits per heavy atom. The fourth-order valence-corrected chi connectivity index (χ4v) is 2.49. The van der Waals surface area contributed by atoms with E-state index in [1.807, 2.05) is 13.8 Å². The van der Waals surface area contributed by atoms with Crippen LogP contribution in [0.3, 0.4) is 0 Å². The normalized spacial score (nSPS) is 10.8. The van der Waals surface area contributed by atoms with Gasteiger partial charge in [-0.1, -0.05) is 37.0 Å². The van der Waals surface area contributed by atoms with E-state index in [9.17, 15) is 4.39 Å². The van der Waals surface area contributed by atoms with E-state index in [-0.39, 0.29) is 16.0 Å². The van der Waals surface area contributed by atoms with Crippen molar-refractivity contribution < 1.29 is 4.39 Å². The summed E-state index contributed by atoms with van der Waals surface area (Å²) in [4.78, 5) is 8.25. The van der Waals surface area contributed by atoms with Crippen molar-refractivity contribution in [1.29, 1.82) is 0 Å². The van der Waals surface area contributed by atoms with Gasteiger partial charge in [-0.25, -0.2) is 20.2 Å². The van der Waals surface area contributed by atoms with Crippen LogP contribution in [-0.2, 0) is 0 Å². The smallest absolute Gasteiger partial charge is 0.148 e. The van der Waals surface area contributed by atoms with Crippen molar-refractivity contribution >= 4 is 40.5 Å². The fraction of sp³-hybridized carbons (Fsp3) is 0.231. The van der Waals surface area contributed by atoms with E-state index in [2.05, 4.69) is 20.7 Å². The molecule has 1 aromatic heterocycles. The van der Waals surface area contributed by atoms with Crippen LogP contribution in [0.5, 0.6) is 0 Å². The summed E-state index contributed by atoms with van der Waals surface area (Å²) in [7, 11) is 0. The third kappa shape index (κ3) is 3.34. The number of hydrogen-bond acceptors (Lipinski definition) is 5. The van der Waals surface area contributed by atoms with E-state index in [0.29, 0.717) is 17.3 Å². The quantitative estimate of drug-likeness (QED) is 0.582. The molecule has 2 aromatic rings. The number of nitrogens with two attached hydrogens (primary N) is 1. The molecular weight excluding hydrogens is 316 g/mol. The van der Waals surface area contributed by atoms with E-state index < -0.39 is 5.82 Å². The minimum absolute atomic E-state index is 0.0951. The zero-order valence-electron chi connectivity index (χ0n) is 11.4. The molecule has 2 rings (SSSR count). The van der Waals surface area contributed by atoms with Crippen LogP contribution < -0.4 is 16.6 Å². The number of halogens is 3. The monoisotopic (exact) mass is 329 g/mol. The highest BCUT2D eigenvalue weighted by molar-refractivity contribution is 6.39. The number of nitrogens with one attached hydrogen (secondary N) is 2. The van der Waals surface area contributed by atoms with Gasteiger partial charge < -0.3 is 10.7 Å². The minimum Gasteiger partial charge on any atom is -0.337 e. The number of anilines is 3. The fourth-order valence-electron chi connectivity index (χ4n) is 1.94. The highest BCUT2D eigenvalue weighted by Gasteiger charge is 2.17. The molecule has 1 heterocycles. The molecule has 0 aliphatic heterocycles. The Kier molecular flexibility index (Phi) is 4.82. The Morgan fingerprint density at radius 2 is 1.71 bits per heavy atom. The molecule has 112 valence electrons. The van der Waals surface area contributed by atoms with Crippen LogP contribution in [0.4, 0.5) is 21.7 Å². The summed E-state index contributed by atoms with van der Waals surface area (Å²) >= 11 is 12.0. The van der Waals surface area contributed by atoms with E-state index in [0.717, 1.165) is 5.56 Å². The van der Waals surface area contributed by atoms with Crippen molar-refractivity contribution in [3.8, 4) is 0 Å². The van der Waals surface area contributed by atoms with E-state index >= 15 is 0 Å². The molecule has 0 amide bonds. The third-order valence-corrected chi connectivity index (χ3v) is 3.44. The number of rotatable bonds is 4. The Balaban J connectivity index is 2.50. The van der Waals surface area contributed by atoms with Crippen molar-refractivity contribution in [2.24, 2.45) is 5.84 Å². The van der Waals surface area contributed by atoms with Crippen LogP contribution in [0, 0.1) is 5.82 Å². The van der Waals surface area contributed by atoms with Gasteiger partial charge in [0.25, 0.3) is 0 Å². The van der Waals surface area contributed by atoms with Gasteiger partial charge in [0.2, 0.25) is 0 Å². The first-order chi connectivity index (χ1) is 9.93. The molecule has 8 heteroatoms. The lowest BCUT2D eigenvalue weighted by atomic mass is 10.0.